The van der Waals surface area contributed by atoms with Gasteiger partial charge < -0.3 is 9.15 Å². The fraction of sp³-hybridized carbons (Fsp3) is 0.185. The van der Waals surface area contributed by atoms with Gasteiger partial charge in [0.25, 0.3) is 5.91 Å². The molecule has 7 nitrogen and oxygen atoms in total. The highest BCUT2D eigenvalue weighted by molar-refractivity contribution is 6.07. The van der Waals surface area contributed by atoms with Gasteiger partial charge in [-0.1, -0.05) is 35.9 Å². The number of amides is 1. The van der Waals surface area contributed by atoms with Crippen LogP contribution in [0.1, 0.15) is 56.2 Å². The summed E-state index contributed by atoms with van der Waals surface area (Å²) < 4.78 is 11.6. The maximum atomic E-state index is 13.0. The SMILES string of the molecule is Cc1ccc(C(=O)N/N=C2\CCCc3oc(C(=O)Oc4cccc5cccnc45)c(C)c32)cc1. The second-order valence-corrected chi connectivity index (χ2v) is 8.29. The maximum Gasteiger partial charge on any atom is 0.380 e. The van der Waals surface area contributed by atoms with Crippen LogP contribution in [0, 0.1) is 13.8 Å². The van der Waals surface area contributed by atoms with Gasteiger partial charge in [-0.2, -0.15) is 5.10 Å². The summed E-state index contributed by atoms with van der Waals surface area (Å²) in [7, 11) is 0. The molecule has 0 aliphatic heterocycles. The summed E-state index contributed by atoms with van der Waals surface area (Å²) in [6.07, 6.45) is 3.82. The van der Waals surface area contributed by atoms with E-state index in [0.717, 1.165) is 22.9 Å². The van der Waals surface area contributed by atoms with E-state index in [2.05, 4.69) is 15.5 Å². The molecular weight excluding hydrogens is 430 g/mol. The van der Waals surface area contributed by atoms with E-state index in [1.165, 1.54) is 0 Å². The third kappa shape index (κ3) is 4.08. The van der Waals surface area contributed by atoms with Crippen molar-refractivity contribution in [3.05, 3.63) is 94.6 Å². The minimum absolute atomic E-state index is 0.136. The average Bonchev–Trinajstić information content (AvgIpc) is 3.20. The molecule has 0 atom stereocenters. The third-order valence-electron chi connectivity index (χ3n) is 5.92. The summed E-state index contributed by atoms with van der Waals surface area (Å²) in [4.78, 5) is 29.9. The standard InChI is InChI=1S/C27H23N3O4/c1-16-11-13-19(14-12-16)26(31)30-29-20-8-4-9-21-23(20)17(2)25(33-21)27(32)34-22-10-3-6-18-7-5-15-28-24(18)22/h3,5-7,10-15H,4,8-9H2,1-2H3,(H,30,31)/b29-20+. The van der Waals surface area contributed by atoms with Gasteiger partial charge in [-0.3, -0.25) is 9.78 Å². The normalized spacial score (nSPS) is 14.1. The average molecular weight is 453 g/mol. The van der Waals surface area contributed by atoms with Gasteiger partial charge in [-0.15, -0.1) is 0 Å². The number of pyridine rings is 1. The van der Waals surface area contributed by atoms with Crippen molar-refractivity contribution in [3.63, 3.8) is 0 Å². The van der Waals surface area contributed by atoms with Gasteiger partial charge in [0.15, 0.2) is 5.75 Å². The maximum absolute atomic E-state index is 13.0. The first-order chi connectivity index (χ1) is 16.5. The van der Waals surface area contributed by atoms with Gasteiger partial charge in [0.2, 0.25) is 5.76 Å². The molecule has 2 aromatic heterocycles. The number of benzene rings is 2. The fourth-order valence-corrected chi connectivity index (χ4v) is 4.17. The van der Waals surface area contributed by atoms with Crippen molar-refractivity contribution in [2.75, 3.05) is 0 Å². The number of hydrazone groups is 1. The van der Waals surface area contributed by atoms with Crippen LogP contribution in [0.15, 0.2) is 70.3 Å². The number of carbonyl (C=O) groups is 2. The molecule has 1 aliphatic rings. The van der Waals surface area contributed by atoms with E-state index < -0.39 is 5.97 Å². The highest BCUT2D eigenvalue weighted by Crippen LogP contribution is 2.31. The van der Waals surface area contributed by atoms with Crippen molar-refractivity contribution in [2.45, 2.75) is 33.1 Å². The van der Waals surface area contributed by atoms with Crippen LogP contribution in [0.25, 0.3) is 10.9 Å². The molecular formula is C27H23N3O4. The smallest absolute Gasteiger partial charge is 0.380 e. The highest BCUT2D eigenvalue weighted by Gasteiger charge is 2.29. The number of esters is 1. The summed E-state index contributed by atoms with van der Waals surface area (Å²) in [5.74, 6) is 0.306. The van der Waals surface area contributed by atoms with E-state index in [-0.39, 0.29) is 11.7 Å². The number of fused-ring (bicyclic) bond motifs is 2. The van der Waals surface area contributed by atoms with Gasteiger partial charge in [-0.05, 0) is 51.0 Å². The number of aromatic nitrogens is 1. The van der Waals surface area contributed by atoms with Gasteiger partial charge in [0, 0.05) is 34.7 Å². The fourth-order valence-electron chi connectivity index (χ4n) is 4.17. The van der Waals surface area contributed by atoms with Crippen LogP contribution >= 0.6 is 0 Å². The van der Waals surface area contributed by atoms with Crippen molar-refractivity contribution in [1.82, 2.24) is 10.4 Å². The lowest BCUT2D eigenvalue weighted by Gasteiger charge is -2.13. The molecule has 170 valence electrons. The van der Waals surface area contributed by atoms with Gasteiger partial charge in [0.05, 0.1) is 5.71 Å². The Bertz CT molecular complexity index is 1430. The van der Waals surface area contributed by atoms with Crippen molar-refractivity contribution in [3.8, 4) is 5.75 Å². The van der Waals surface area contributed by atoms with Crippen LogP contribution < -0.4 is 10.2 Å². The van der Waals surface area contributed by atoms with E-state index >= 15 is 0 Å². The van der Waals surface area contributed by atoms with E-state index in [0.29, 0.717) is 46.7 Å². The minimum atomic E-state index is -0.590. The van der Waals surface area contributed by atoms with E-state index in [9.17, 15) is 9.59 Å². The minimum Gasteiger partial charge on any atom is -0.453 e. The van der Waals surface area contributed by atoms with Crippen LogP contribution in [0.2, 0.25) is 0 Å². The Labute approximate surface area is 196 Å². The first-order valence-corrected chi connectivity index (χ1v) is 11.1. The number of nitrogens with zero attached hydrogens (tertiary/aromatic N) is 2. The zero-order chi connectivity index (χ0) is 23.7. The monoisotopic (exact) mass is 453 g/mol. The molecule has 0 radical (unpaired) electrons. The largest absolute Gasteiger partial charge is 0.453 e. The molecule has 2 aromatic carbocycles. The number of hydrogen-bond donors (Lipinski definition) is 1. The lowest BCUT2D eigenvalue weighted by atomic mass is 9.93. The van der Waals surface area contributed by atoms with Crippen molar-refractivity contribution >= 4 is 28.5 Å². The number of carbonyl (C=O) groups excluding carboxylic acids is 2. The molecule has 0 saturated heterocycles. The molecule has 7 heteroatoms. The molecule has 0 spiro atoms. The second kappa shape index (κ2) is 8.94. The number of para-hydroxylation sites is 1. The van der Waals surface area contributed by atoms with E-state index in [4.69, 9.17) is 9.15 Å². The highest BCUT2D eigenvalue weighted by atomic mass is 16.5. The number of nitrogens with one attached hydrogen (secondary N) is 1. The van der Waals surface area contributed by atoms with Crippen LogP contribution in [-0.4, -0.2) is 22.6 Å². The van der Waals surface area contributed by atoms with E-state index in [1.54, 1.807) is 24.4 Å². The lowest BCUT2D eigenvalue weighted by Crippen LogP contribution is -2.22. The summed E-state index contributed by atoms with van der Waals surface area (Å²) >= 11 is 0. The number of hydrogen-bond acceptors (Lipinski definition) is 6. The molecule has 1 N–H and O–H groups in total. The Balaban J connectivity index is 1.40. The first-order valence-electron chi connectivity index (χ1n) is 11.1. The number of aryl methyl sites for hydroxylation is 2. The summed E-state index contributed by atoms with van der Waals surface area (Å²) in [5.41, 5.74) is 6.95. The molecule has 4 aromatic rings. The van der Waals surface area contributed by atoms with Crippen LogP contribution in [-0.2, 0) is 6.42 Å². The zero-order valence-corrected chi connectivity index (χ0v) is 18.9. The lowest BCUT2D eigenvalue weighted by molar-refractivity contribution is 0.0700. The Morgan fingerprint density at radius 2 is 1.82 bits per heavy atom. The molecule has 2 heterocycles. The molecule has 5 rings (SSSR count). The van der Waals surface area contributed by atoms with Crippen LogP contribution in [0.4, 0.5) is 0 Å². The van der Waals surface area contributed by atoms with Gasteiger partial charge in [0.1, 0.15) is 11.3 Å². The van der Waals surface area contributed by atoms with Crippen molar-refractivity contribution in [1.29, 1.82) is 0 Å². The predicted octanol–water partition coefficient (Wildman–Crippen LogP) is 5.13. The molecule has 0 fully saturated rings. The molecule has 0 bridgehead atoms. The zero-order valence-electron chi connectivity index (χ0n) is 18.9. The topological polar surface area (TPSA) is 93.8 Å². The quantitative estimate of drug-likeness (QED) is 0.263. The summed E-state index contributed by atoms with van der Waals surface area (Å²) in [6.45, 7) is 3.77. The van der Waals surface area contributed by atoms with Crippen molar-refractivity contribution < 1.29 is 18.7 Å². The summed E-state index contributed by atoms with van der Waals surface area (Å²) in [6, 6.07) is 16.4. The Morgan fingerprint density at radius 3 is 2.65 bits per heavy atom. The number of rotatable bonds is 4. The Kier molecular flexibility index (Phi) is 5.67. The molecule has 0 unspecified atom stereocenters. The second-order valence-electron chi connectivity index (χ2n) is 8.29. The van der Waals surface area contributed by atoms with Crippen LogP contribution in [0.3, 0.4) is 0 Å². The number of furan rings is 1. The Hall–Kier alpha value is -4.26. The molecule has 1 aliphatic carbocycles. The molecule has 0 saturated carbocycles. The summed E-state index contributed by atoms with van der Waals surface area (Å²) in [5, 5.41) is 5.25. The van der Waals surface area contributed by atoms with Crippen molar-refractivity contribution in [2.24, 2.45) is 5.10 Å². The number of ether oxygens (including phenoxy) is 1. The Morgan fingerprint density at radius 1 is 1.03 bits per heavy atom. The van der Waals surface area contributed by atoms with Crippen LogP contribution in [0.5, 0.6) is 5.75 Å². The predicted molar refractivity (Wildman–Crippen MR) is 128 cm³/mol. The first kappa shape index (κ1) is 21.6. The van der Waals surface area contributed by atoms with Gasteiger partial charge >= 0.3 is 5.97 Å². The van der Waals surface area contributed by atoms with Gasteiger partial charge in [-0.25, -0.2) is 10.2 Å². The molecule has 1 amide bonds. The molecule has 34 heavy (non-hydrogen) atoms. The third-order valence-corrected chi connectivity index (χ3v) is 5.92. The van der Waals surface area contributed by atoms with E-state index in [1.807, 2.05) is 50.2 Å².